The second kappa shape index (κ2) is 5.60. The Morgan fingerprint density at radius 3 is 2.62 bits per heavy atom. The van der Waals surface area contributed by atoms with E-state index in [2.05, 4.69) is 17.3 Å². The highest BCUT2D eigenvalue weighted by molar-refractivity contribution is 5.95. The lowest BCUT2D eigenvalue weighted by Gasteiger charge is -2.18. The Balaban J connectivity index is 1.68. The minimum atomic E-state index is 0.193. The van der Waals surface area contributed by atoms with Crippen molar-refractivity contribution in [3.63, 3.8) is 0 Å². The molecule has 0 bridgehead atoms. The topological polar surface area (TPSA) is 50.2 Å². The van der Waals surface area contributed by atoms with Gasteiger partial charge in [-0.15, -0.1) is 0 Å². The van der Waals surface area contributed by atoms with Gasteiger partial charge in [0.25, 0.3) is 0 Å². The molecule has 1 N–H and O–H groups in total. The molecule has 0 spiro atoms. The molecule has 1 saturated heterocycles. The van der Waals surface area contributed by atoms with Gasteiger partial charge in [-0.05, 0) is 37.6 Å². The molecule has 0 saturated carbocycles. The van der Waals surface area contributed by atoms with E-state index in [1.54, 1.807) is 4.68 Å². The summed E-state index contributed by atoms with van der Waals surface area (Å²) in [5.41, 5.74) is 3.18. The fourth-order valence-electron chi connectivity index (χ4n) is 2.66. The summed E-state index contributed by atoms with van der Waals surface area (Å²) in [7, 11) is 1.91. The molecule has 5 heteroatoms. The van der Waals surface area contributed by atoms with Gasteiger partial charge in [0.05, 0.1) is 12.2 Å². The summed E-state index contributed by atoms with van der Waals surface area (Å²) in [5.74, 6) is 0.222. The first-order chi connectivity index (χ1) is 10.1. The van der Waals surface area contributed by atoms with Gasteiger partial charge in [0.15, 0.2) is 0 Å². The second-order valence-corrected chi connectivity index (χ2v) is 5.51. The maximum atomic E-state index is 11.7. The van der Waals surface area contributed by atoms with Crippen molar-refractivity contribution in [3.05, 3.63) is 42.2 Å². The van der Waals surface area contributed by atoms with Gasteiger partial charge in [0, 0.05) is 43.1 Å². The van der Waals surface area contributed by atoms with E-state index in [9.17, 15) is 4.79 Å². The first-order valence-electron chi connectivity index (χ1n) is 7.29. The van der Waals surface area contributed by atoms with E-state index in [4.69, 9.17) is 0 Å². The fraction of sp³-hybridized carbons (Fsp3) is 0.375. The van der Waals surface area contributed by atoms with Crippen LogP contribution in [0.4, 0.5) is 11.4 Å². The molecule has 110 valence electrons. The molecule has 0 radical (unpaired) electrons. The zero-order valence-corrected chi connectivity index (χ0v) is 12.4. The number of rotatable bonds is 4. The van der Waals surface area contributed by atoms with Crippen molar-refractivity contribution in [2.75, 3.05) is 16.8 Å². The van der Waals surface area contributed by atoms with Crippen LogP contribution in [0.2, 0.25) is 0 Å². The predicted octanol–water partition coefficient (Wildman–Crippen LogP) is 2.72. The van der Waals surface area contributed by atoms with Crippen LogP contribution in [-0.2, 0) is 11.8 Å². The summed E-state index contributed by atoms with van der Waals surface area (Å²) in [4.78, 5) is 13.6. The first kappa shape index (κ1) is 13.7. The quantitative estimate of drug-likeness (QED) is 0.939. The Hall–Kier alpha value is -2.30. The van der Waals surface area contributed by atoms with Crippen LogP contribution in [0.5, 0.6) is 0 Å². The van der Waals surface area contributed by atoms with Gasteiger partial charge in [-0.1, -0.05) is 0 Å². The van der Waals surface area contributed by atoms with Crippen LogP contribution in [0.1, 0.15) is 31.4 Å². The number of hydrogen-bond acceptors (Lipinski definition) is 3. The van der Waals surface area contributed by atoms with Crippen molar-refractivity contribution in [3.8, 4) is 0 Å². The fourth-order valence-corrected chi connectivity index (χ4v) is 2.66. The summed E-state index contributed by atoms with van der Waals surface area (Å²) in [5, 5.41) is 7.63. The van der Waals surface area contributed by atoms with Crippen molar-refractivity contribution in [1.82, 2.24) is 9.78 Å². The third-order valence-electron chi connectivity index (χ3n) is 3.86. The largest absolute Gasteiger partial charge is 0.378 e. The van der Waals surface area contributed by atoms with Gasteiger partial charge in [-0.2, -0.15) is 5.10 Å². The van der Waals surface area contributed by atoms with Gasteiger partial charge in [0.1, 0.15) is 0 Å². The Labute approximate surface area is 124 Å². The number of nitrogens with zero attached hydrogens (tertiary/aromatic N) is 3. The molecule has 1 atom stereocenters. The standard InChI is InChI=1S/C16H20N4O/c1-12(13-10-17-19(2)11-13)18-14-5-7-15(8-6-14)20-9-3-4-16(20)21/h5-8,10-12,18H,3-4,9H2,1-2H3. The van der Waals surface area contributed by atoms with Gasteiger partial charge in [-0.25, -0.2) is 0 Å². The molecule has 1 unspecified atom stereocenters. The maximum absolute atomic E-state index is 11.7. The SMILES string of the molecule is CC(Nc1ccc(N2CCCC2=O)cc1)c1cnn(C)c1. The summed E-state index contributed by atoms with van der Waals surface area (Å²) >= 11 is 0. The van der Waals surface area contributed by atoms with E-state index in [0.29, 0.717) is 6.42 Å². The summed E-state index contributed by atoms with van der Waals surface area (Å²) < 4.78 is 1.80. The minimum Gasteiger partial charge on any atom is -0.378 e. The number of aryl methyl sites for hydroxylation is 1. The highest BCUT2D eigenvalue weighted by Gasteiger charge is 2.21. The van der Waals surface area contributed by atoms with E-state index in [1.807, 2.05) is 48.6 Å². The maximum Gasteiger partial charge on any atom is 0.227 e. The van der Waals surface area contributed by atoms with E-state index in [0.717, 1.165) is 29.9 Å². The first-order valence-corrected chi connectivity index (χ1v) is 7.29. The van der Waals surface area contributed by atoms with Crippen molar-refractivity contribution >= 4 is 17.3 Å². The summed E-state index contributed by atoms with van der Waals surface area (Å²) in [6.45, 7) is 2.94. The number of anilines is 2. The average molecular weight is 284 g/mol. The van der Waals surface area contributed by atoms with Crippen molar-refractivity contribution in [2.45, 2.75) is 25.8 Å². The molecule has 5 nitrogen and oxygen atoms in total. The molecule has 1 aromatic carbocycles. The molecule has 0 aliphatic carbocycles. The van der Waals surface area contributed by atoms with E-state index < -0.39 is 0 Å². The van der Waals surface area contributed by atoms with E-state index in [-0.39, 0.29) is 11.9 Å². The lowest BCUT2D eigenvalue weighted by molar-refractivity contribution is -0.117. The monoisotopic (exact) mass is 284 g/mol. The molecule has 2 aromatic rings. The minimum absolute atomic E-state index is 0.193. The molecule has 2 heterocycles. The van der Waals surface area contributed by atoms with Crippen LogP contribution < -0.4 is 10.2 Å². The number of amides is 1. The van der Waals surface area contributed by atoms with Crippen LogP contribution in [0.15, 0.2) is 36.7 Å². The number of nitrogens with one attached hydrogen (secondary N) is 1. The number of carbonyl (C=O) groups excluding carboxylic acids is 1. The van der Waals surface area contributed by atoms with Crippen LogP contribution in [0, 0.1) is 0 Å². The predicted molar refractivity (Wildman–Crippen MR) is 83.3 cm³/mol. The second-order valence-electron chi connectivity index (χ2n) is 5.51. The molecule has 1 fully saturated rings. The molecular weight excluding hydrogens is 264 g/mol. The third kappa shape index (κ3) is 2.91. The molecule has 1 aliphatic heterocycles. The van der Waals surface area contributed by atoms with Gasteiger partial charge < -0.3 is 10.2 Å². The van der Waals surface area contributed by atoms with Crippen LogP contribution in [0.3, 0.4) is 0 Å². The zero-order chi connectivity index (χ0) is 14.8. The Bertz CT molecular complexity index is 632. The summed E-state index contributed by atoms with van der Waals surface area (Å²) in [6.07, 6.45) is 5.50. The summed E-state index contributed by atoms with van der Waals surface area (Å²) in [6, 6.07) is 8.24. The number of hydrogen-bond donors (Lipinski definition) is 1. The van der Waals surface area contributed by atoms with Crippen LogP contribution in [0.25, 0.3) is 0 Å². The molecule has 1 aliphatic rings. The lowest BCUT2D eigenvalue weighted by Crippen LogP contribution is -2.23. The normalized spacial score (nSPS) is 16.3. The van der Waals surface area contributed by atoms with Crippen molar-refractivity contribution in [1.29, 1.82) is 0 Å². The zero-order valence-electron chi connectivity index (χ0n) is 12.4. The number of benzene rings is 1. The molecule has 1 amide bonds. The van der Waals surface area contributed by atoms with Crippen LogP contribution in [-0.4, -0.2) is 22.2 Å². The number of aromatic nitrogens is 2. The van der Waals surface area contributed by atoms with Gasteiger partial charge in [-0.3, -0.25) is 9.48 Å². The molecular formula is C16H20N4O. The highest BCUT2D eigenvalue weighted by atomic mass is 16.2. The van der Waals surface area contributed by atoms with Crippen molar-refractivity contribution < 1.29 is 4.79 Å². The molecule has 1 aromatic heterocycles. The molecule has 3 rings (SSSR count). The van der Waals surface area contributed by atoms with E-state index in [1.165, 1.54) is 0 Å². The van der Waals surface area contributed by atoms with Crippen LogP contribution >= 0.6 is 0 Å². The van der Waals surface area contributed by atoms with Gasteiger partial charge >= 0.3 is 0 Å². The van der Waals surface area contributed by atoms with E-state index >= 15 is 0 Å². The Morgan fingerprint density at radius 1 is 1.29 bits per heavy atom. The third-order valence-corrected chi connectivity index (χ3v) is 3.86. The van der Waals surface area contributed by atoms with Crippen molar-refractivity contribution in [2.24, 2.45) is 7.05 Å². The smallest absolute Gasteiger partial charge is 0.227 e. The highest BCUT2D eigenvalue weighted by Crippen LogP contribution is 2.25. The number of carbonyl (C=O) groups is 1. The Kier molecular flexibility index (Phi) is 3.64. The van der Waals surface area contributed by atoms with Gasteiger partial charge in [0.2, 0.25) is 5.91 Å². The Morgan fingerprint density at radius 2 is 2.05 bits per heavy atom. The average Bonchev–Trinajstić information content (AvgIpc) is 3.08. The molecule has 21 heavy (non-hydrogen) atoms. The lowest BCUT2D eigenvalue weighted by atomic mass is 10.1.